The van der Waals surface area contributed by atoms with E-state index in [0.29, 0.717) is 22.8 Å². The summed E-state index contributed by atoms with van der Waals surface area (Å²) in [7, 11) is -5.63. The Morgan fingerprint density at radius 2 is 1.67 bits per heavy atom. The fourth-order valence-electron chi connectivity index (χ4n) is 4.99. The van der Waals surface area contributed by atoms with Crippen molar-refractivity contribution in [1.82, 2.24) is 10.0 Å². The van der Waals surface area contributed by atoms with E-state index in [-0.39, 0.29) is 42.1 Å². The van der Waals surface area contributed by atoms with Crippen molar-refractivity contribution in [3.8, 4) is 17.6 Å². The van der Waals surface area contributed by atoms with Gasteiger partial charge in [0.25, 0.3) is 5.91 Å². The summed E-state index contributed by atoms with van der Waals surface area (Å²) in [5, 5.41) is 10.5. The molecule has 0 aromatic heterocycles. The zero-order chi connectivity index (χ0) is 38.3. The predicted molar refractivity (Wildman–Crippen MR) is 203 cm³/mol. The van der Waals surface area contributed by atoms with E-state index >= 15 is 0 Å². The molecule has 4 rings (SSSR count). The van der Waals surface area contributed by atoms with Crippen LogP contribution in [0.2, 0.25) is 18.1 Å². The van der Waals surface area contributed by atoms with Crippen molar-refractivity contribution in [2.75, 3.05) is 36.6 Å². The van der Waals surface area contributed by atoms with Gasteiger partial charge in [-0.1, -0.05) is 56.9 Å². The standard InChI is InChI=1S/C37H44FN3O8S2Si/c1-37(2,3)52(5,6)49-31(26-11-15-28(38)16-12-26)24-50-35-34(27-13-19-30(20-14-27)48-23-32(42)39-22-33(43)44)41(36(35)45)29-17-9-25(10-18-29)8-7-21-40-51(4,46)47/h9-20,31,34-35,40H,21-24H2,1-6H3,(H,39,42)(H,43,44)/t31-,34-,35-/m1/s1. The summed E-state index contributed by atoms with van der Waals surface area (Å²) >= 11 is 1.48. The number of carbonyl (C=O) groups is 3. The Morgan fingerprint density at radius 1 is 1.04 bits per heavy atom. The van der Waals surface area contributed by atoms with Crippen LogP contribution in [0.25, 0.3) is 0 Å². The molecule has 15 heteroatoms. The molecule has 1 saturated heterocycles. The highest BCUT2D eigenvalue weighted by molar-refractivity contribution is 8.00. The molecule has 3 aromatic rings. The average Bonchev–Trinajstić information content (AvgIpc) is 3.07. The summed E-state index contributed by atoms with van der Waals surface area (Å²) in [5.41, 5.74) is 2.94. The minimum absolute atomic E-state index is 0.0308. The maximum Gasteiger partial charge on any atom is 0.322 e. The van der Waals surface area contributed by atoms with E-state index in [0.717, 1.165) is 17.4 Å². The molecule has 1 aliphatic heterocycles. The topological polar surface area (TPSA) is 151 Å². The number of thioether (sulfide) groups is 1. The molecule has 278 valence electrons. The first-order chi connectivity index (χ1) is 24.3. The number of rotatable bonds is 15. The lowest BCUT2D eigenvalue weighted by molar-refractivity contribution is -0.138. The van der Waals surface area contributed by atoms with Gasteiger partial charge in [-0.05, 0) is 77.8 Å². The van der Waals surface area contributed by atoms with E-state index in [1.165, 1.54) is 23.9 Å². The second-order valence-corrected chi connectivity index (χ2v) is 21.6. The molecular formula is C37H44FN3O8S2Si. The normalized spacial score (nSPS) is 16.7. The molecule has 1 heterocycles. The van der Waals surface area contributed by atoms with Crippen LogP contribution in [-0.4, -0.2) is 76.6 Å². The van der Waals surface area contributed by atoms with Crippen molar-refractivity contribution in [1.29, 1.82) is 0 Å². The smallest absolute Gasteiger partial charge is 0.322 e. The summed E-state index contributed by atoms with van der Waals surface area (Å²) in [5.74, 6) is 4.34. The number of sulfonamides is 1. The average molecular weight is 770 g/mol. The minimum atomic E-state index is -3.36. The molecule has 0 saturated carbocycles. The Bertz CT molecular complexity index is 1910. The van der Waals surface area contributed by atoms with E-state index in [4.69, 9.17) is 14.3 Å². The van der Waals surface area contributed by atoms with E-state index in [2.05, 4.69) is 55.7 Å². The molecule has 0 spiro atoms. The summed E-state index contributed by atoms with van der Waals surface area (Å²) < 4.78 is 51.3. The predicted octanol–water partition coefficient (Wildman–Crippen LogP) is 5.26. The van der Waals surface area contributed by atoms with Crippen LogP contribution in [0, 0.1) is 17.7 Å². The number of carboxylic acid groups (broad SMARTS) is 1. The Labute approximate surface area is 309 Å². The lowest BCUT2D eigenvalue weighted by Gasteiger charge is -2.47. The summed E-state index contributed by atoms with van der Waals surface area (Å²) in [6.07, 6.45) is 0.677. The van der Waals surface area contributed by atoms with E-state index < -0.39 is 42.0 Å². The van der Waals surface area contributed by atoms with Gasteiger partial charge in [0.05, 0.1) is 24.9 Å². The Balaban J connectivity index is 1.58. The third-order valence-corrected chi connectivity index (χ3v) is 15.3. The minimum Gasteiger partial charge on any atom is -0.484 e. The summed E-state index contributed by atoms with van der Waals surface area (Å²) in [6.45, 7) is 9.85. The van der Waals surface area contributed by atoms with E-state index in [1.807, 2.05) is 12.1 Å². The van der Waals surface area contributed by atoms with Gasteiger partial charge in [0.15, 0.2) is 14.9 Å². The second kappa shape index (κ2) is 17.1. The Hall–Kier alpha value is -4.20. The molecule has 0 bridgehead atoms. The molecule has 11 nitrogen and oxygen atoms in total. The van der Waals surface area contributed by atoms with Crippen LogP contribution >= 0.6 is 11.8 Å². The van der Waals surface area contributed by atoms with Gasteiger partial charge in [0, 0.05) is 17.0 Å². The van der Waals surface area contributed by atoms with E-state index in [1.54, 1.807) is 53.4 Å². The van der Waals surface area contributed by atoms with Crippen LogP contribution in [0.1, 0.15) is 49.6 Å². The molecular weight excluding hydrogens is 726 g/mol. The zero-order valence-corrected chi connectivity index (χ0v) is 32.6. The van der Waals surface area contributed by atoms with Gasteiger partial charge < -0.3 is 24.5 Å². The van der Waals surface area contributed by atoms with Gasteiger partial charge in [-0.25, -0.2) is 17.5 Å². The van der Waals surface area contributed by atoms with E-state index in [9.17, 15) is 27.2 Å². The second-order valence-electron chi connectivity index (χ2n) is 13.8. The first-order valence-corrected chi connectivity index (χ1v) is 22.3. The van der Waals surface area contributed by atoms with Crippen LogP contribution in [-0.2, 0) is 28.8 Å². The van der Waals surface area contributed by atoms with Crippen molar-refractivity contribution in [2.45, 2.75) is 56.3 Å². The number of nitrogens with zero attached hydrogens (tertiary/aromatic N) is 1. The molecule has 1 aliphatic rings. The van der Waals surface area contributed by atoms with Crippen LogP contribution in [0.5, 0.6) is 5.75 Å². The fourth-order valence-corrected chi connectivity index (χ4v) is 8.09. The highest BCUT2D eigenvalue weighted by Gasteiger charge is 2.50. The lowest BCUT2D eigenvalue weighted by Crippen LogP contribution is -2.58. The molecule has 52 heavy (non-hydrogen) atoms. The molecule has 0 radical (unpaired) electrons. The molecule has 3 atom stereocenters. The highest BCUT2D eigenvalue weighted by Crippen LogP contribution is 2.47. The van der Waals surface area contributed by atoms with Gasteiger partial charge in [0.2, 0.25) is 15.9 Å². The van der Waals surface area contributed by atoms with Crippen molar-refractivity contribution in [2.24, 2.45) is 0 Å². The number of aliphatic carboxylic acids is 1. The fraction of sp³-hybridized carbons (Fsp3) is 0.378. The summed E-state index contributed by atoms with van der Waals surface area (Å²) in [6, 6.07) is 20.0. The molecule has 1 fully saturated rings. The molecule has 0 unspecified atom stereocenters. The third kappa shape index (κ3) is 11.1. The zero-order valence-electron chi connectivity index (χ0n) is 29.9. The number of carbonyl (C=O) groups excluding carboxylic acids is 2. The first-order valence-electron chi connectivity index (χ1n) is 16.5. The Morgan fingerprint density at radius 3 is 2.25 bits per heavy atom. The number of halogens is 1. The van der Waals surface area contributed by atoms with Crippen LogP contribution in [0.15, 0.2) is 72.8 Å². The number of β-lactam (4-membered cyclic amide) rings is 1. The summed E-state index contributed by atoms with van der Waals surface area (Å²) in [4.78, 5) is 38.3. The number of ether oxygens (including phenoxy) is 1. The number of hydrogen-bond acceptors (Lipinski definition) is 8. The Kier molecular flexibility index (Phi) is 13.3. The SMILES string of the molecule is CC(C)(C)[Si](C)(C)O[C@H](CS[C@H]1C(=O)N(c2ccc(C#CCNS(C)(=O)=O)cc2)[C@@H]1c1ccc(OCC(=O)NCC(=O)O)cc1)c1ccc(F)cc1. The van der Waals surface area contributed by atoms with Crippen LogP contribution in [0.3, 0.4) is 0 Å². The quantitative estimate of drug-likeness (QED) is 0.107. The van der Waals surface area contributed by atoms with Crippen molar-refractivity contribution in [3.63, 3.8) is 0 Å². The van der Waals surface area contributed by atoms with Gasteiger partial charge in [-0.3, -0.25) is 14.4 Å². The van der Waals surface area contributed by atoms with Gasteiger partial charge in [-0.15, -0.1) is 11.8 Å². The molecule has 2 amide bonds. The number of nitrogens with one attached hydrogen (secondary N) is 2. The first kappa shape index (κ1) is 40.6. The highest BCUT2D eigenvalue weighted by atomic mass is 32.2. The number of carboxylic acids is 1. The van der Waals surface area contributed by atoms with Gasteiger partial charge >= 0.3 is 5.97 Å². The van der Waals surface area contributed by atoms with Gasteiger partial charge in [-0.2, -0.15) is 0 Å². The van der Waals surface area contributed by atoms with Crippen molar-refractivity contribution < 1.29 is 41.5 Å². The van der Waals surface area contributed by atoms with Crippen LogP contribution in [0.4, 0.5) is 10.1 Å². The molecule has 0 aliphatic carbocycles. The largest absolute Gasteiger partial charge is 0.484 e. The monoisotopic (exact) mass is 769 g/mol. The lowest BCUT2D eigenvalue weighted by atomic mass is 9.92. The maximum atomic E-state index is 13.9. The number of hydrogen-bond donors (Lipinski definition) is 3. The number of amides is 2. The van der Waals surface area contributed by atoms with Gasteiger partial charge in [0.1, 0.15) is 23.4 Å². The maximum absolute atomic E-state index is 13.9. The van der Waals surface area contributed by atoms with Crippen molar-refractivity contribution in [3.05, 3.63) is 95.3 Å². The number of benzene rings is 3. The molecule has 3 aromatic carbocycles. The third-order valence-electron chi connectivity index (χ3n) is 8.79. The molecule has 3 N–H and O–H groups in total. The number of anilines is 1. The van der Waals surface area contributed by atoms with Crippen LogP contribution < -0.4 is 19.7 Å². The van der Waals surface area contributed by atoms with Crippen molar-refractivity contribution >= 4 is 53.6 Å².